The summed E-state index contributed by atoms with van der Waals surface area (Å²) in [6, 6.07) is 11.8. The summed E-state index contributed by atoms with van der Waals surface area (Å²) >= 11 is 0. The number of benzene rings is 1. The maximum atomic E-state index is 12.8. The molecule has 0 saturated heterocycles. The molecule has 1 aromatic carbocycles. The first-order valence-electron chi connectivity index (χ1n) is 7.33. The molecule has 2 aromatic rings. The van der Waals surface area contributed by atoms with Crippen LogP contribution in [0.3, 0.4) is 0 Å². The molecule has 2 rings (SSSR count). The maximum Gasteiger partial charge on any atom is 0.318 e. The lowest BCUT2D eigenvalue weighted by Gasteiger charge is -2.25. The Morgan fingerprint density at radius 1 is 1.22 bits per heavy atom. The summed E-state index contributed by atoms with van der Waals surface area (Å²) in [4.78, 5) is 17.4. The van der Waals surface area contributed by atoms with Crippen molar-refractivity contribution in [2.45, 2.75) is 25.9 Å². The number of pyridine rings is 1. The number of carbonyl (C=O) groups is 1. The van der Waals surface area contributed by atoms with Crippen LogP contribution in [-0.4, -0.2) is 28.9 Å². The van der Waals surface area contributed by atoms with E-state index in [0.717, 1.165) is 16.0 Å². The number of amides is 2. The molecule has 1 atom stereocenters. The minimum absolute atomic E-state index is 0.136. The highest BCUT2D eigenvalue weighted by Gasteiger charge is 2.20. The number of alkyl halides is 2. The molecule has 1 unspecified atom stereocenters. The molecule has 0 radical (unpaired) electrons. The Morgan fingerprint density at radius 2 is 1.96 bits per heavy atom. The summed E-state index contributed by atoms with van der Waals surface area (Å²) in [6.07, 6.45) is 0.689. The van der Waals surface area contributed by atoms with E-state index in [1.165, 1.54) is 0 Å². The number of carbonyl (C=O) groups excluding carboxylic acids is 1. The second-order valence-corrected chi connectivity index (χ2v) is 5.21. The van der Waals surface area contributed by atoms with Crippen LogP contribution < -0.4 is 5.32 Å². The summed E-state index contributed by atoms with van der Waals surface area (Å²) in [5.41, 5.74) is 1.62. The van der Waals surface area contributed by atoms with Crippen molar-refractivity contribution in [3.8, 4) is 0 Å². The van der Waals surface area contributed by atoms with Crippen LogP contribution >= 0.6 is 0 Å². The summed E-state index contributed by atoms with van der Waals surface area (Å²) in [7, 11) is 0. The molecule has 1 N–H and O–H groups in total. The summed E-state index contributed by atoms with van der Waals surface area (Å²) in [5.74, 6) is 0. The molecular weight excluding hydrogens is 300 g/mol. The molecule has 1 aromatic heterocycles. The summed E-state index contributed by atoms with van der Waals surface area (Å²) < 4.78 is 25.6. The van der Waals surface area contributed by atoms with Crippen molar-refractivity contribution < 1.29 is 13.6 Å². The Morgan fingerprint density at radius 3 is 2.57 bits per heavy atom. The van der Waals surface area contributed by atoms with Gasteiger partial charge in [0.2, 0.25) is 0 Å². The van der Waals surface area contributed by atoms with E-state index in [0.29, 0.717) is 0 Å². The summed E-state index contributed by atoms with van der Waals surface area (Å²) in [5, 5.41) is 2.74. The second-order valence-electron chi connectivity index (χ2n) is 5.21. The number of nitrogens with one attached hydrogen (secondary N) is 1. The van der Waals surface area contributed by atoms with Crippen LogP contribution in [0.15, 0.2) is 54.9 Å². The smallest absolute Gasteiger partial charge is 0.318 e. The van der Waals surface area contributed by atoms with Gasteiger partial charge in [-0.3, -0.25) is 4.98 Å². The monoisotopic (exact) mass is 319 g/mol. The average Bonchev–Trinajstić information content (AvgIpc) is 2.55. The predicted molar refractivity (Wildman–Crippen MR) is 84.0 cm³/mol. The van der Waals surface area contributed by atoms with Crippen molar-refractivity contribution in [1.82, 2.24) is 15.2 Å². The van der Waals surface area contributed by atoms with Crippen LogP contribution in [0.1, 0.15) is 24.1 Å². The second kappa shape index (κ2) is 8.22. The molecule has 0 saturated carbocycles. The van der Waals surface area contributed by atoms with Gasteiger partial charge < -0.3 is 10.2 Å². The van der Waals surface area contributed by atoms with Crippen LogP contribution in [0.2, 0.25) is 0 Å². The molecular formula is C17H19F2N3O. The third-order valence-corrected chi connectivity index (χ3v) is 3.39. The fourth-order valence-electron chi connectivity index (χ4n) is 2.18. The SMILES string of the molecule is CC(NC(=O)N(Cc1ccccc1)CC(F)F)c1cccnc1. The van der Waals surface area contributed by atoms with E-state index in [4.69, 9.17) is 0 Å². The lowest BCUT2D eigenvalue weighted by molar-refractivity contribution is 0.0949. The highest BCUT2D eigenvalue weighted by Crippen LogP contribution is 2.13. The largest absolute Gasteiger partial charge is 0.331 e. The minimum Gasteiger partial charge on any atom is -0.331 e. The third-order valence-electron chi connectivity index (χ3n) is 3.39. The van der Waals surface area contributed by atoms with Crippen molar-refractivity contribution in [1.29, 1.82) is 0 Å². The molecule has 23 heavy (non-hydrogen) atoms. The first kappa shape index (κ1) is 16.9. The third kappa shape index (κ3) is 5.32. The first-order valence-corrected chi connectivity index (χ1v) is 7.33. The number of hydrogen-bond donors (Lipinski definition) is 1. The van der Waals surface area contributed by atoms with Gasteiger partial charge >= 0.3 is 6.03 Å². The average molecular weight is 319 g/mol. The molecule has 6 heteroatoms. The molecule has 0 aliphatic heterocycles. The van der Waals surface area contributed by atoms with Gasteiger partial charge in [0.15, 0.2) is 0 Å². The highest BCUT2D eigenvalue weighted by atomic mass is 19.3. The number of hydrogen-bond acceptors (Lipinski definition) is 2. The van der Waals surface area contributed by atoms with Crippen molar-refractivity contribution >= 4 is 6.03 Å². The molecule has 0 aliphatic rings. The topological polar surface area (TPSA) is 45.2 Å². The van der Waals surface area contributed by atoms with E-state index in [-0.39, 0.29) is 12.6 Å². The van der Waals surface area contributed by atoms with Gasteiger partial charge in [-0.15, -0.1) is 0 Å². The van der Waals surface area contributed by atoms with Gasteiger partial charge in [-0.25, -0.2) is 13.6 Å². The standard InChI is InChI=1S/C17H19F2N3O/c1-13(15-8-5-9-20-10-15)21-17(23)22(12-16(18)19)11-14-6-3-2-4-7-14/h2-10,13,16H,11-12H2,1H3,(H,21,23). The molecule has 122 valence electrons. The van der Waals surface area contributed by atoms with E-state index < -0.39 is 19.0 Å². The van der Waals surface area contributed by atoms with E-state index >= 15 is 0 Å². The molecule has 0 aliphatic carbocycles. The van der Waals surface area contributed by atoms with E-state index in [9.17, 15) is 13.6 Å². The predicted octanol–water partition coefficient (Wildman–Crippen LogP) is 3.62. The zero-order valence-corrected chi connectivity index (χ0v) is 12.8. The van der Waals surface area contributed by atoms with Crippen molar-refractivity contribution in [3.05, 3.63) is 66.0 Å². The number of halogens is 2. The normalized spacial score (nSPS) is 12.0. The Labute approximate surface area is 134 Å². The highest BCUT2D eigenvalue weighted by molar-refractivity contribution is 5.74. The first-order chi connectivity index (χ1) is 11.1. The van der Waals surface area contributed by atoms with E-state index in [1.807, 2.05) is 24.3 Å². The van der Waals surface area contributed by atoms with Crippen LogP contribution in [0, 0.1) is 0 Å². The van der Waals surface area contributed by atoms with E-state index in [1.54, 1.807) is 37.5 Å². The molecule has 0 spiro atoms. The van der Waals surface area contributed by atoms with Gasteiger partial charge in [-0.05, 0) is 24.1 Å². The number of nitrogens with zero attached hydrogens (tertiary/aromatic N) is 2. The minimum atomic E-state index is -2.59. The van der Waals surface area contributed by atoms with Crippen LogP contribution in [0.5, 0.6) is 0 Å². The molecule has 2 amide bonds. The zero-order chi connectivity index (χ0) is 16.7. The van der Waals surface area contributed by atoms with E-state index in [2.05, 4.69) is 10.3 Å². The van der Waals surface area contributed by atoms with Gasteiger partial charge in [0, 0.05) is 18.9 Å². The van der Waals surface area contributed by atoms with Gasteiger partial charge in [-0.1, -0.05) is 36.4 Å². The zero-order valence-electron chi connectivity index (χ0n) is 12.8. The lowest BCUT2D eigenvalue weighted by atomic mass is 10.1. The number of rotatable bonds is 6. The van der Waals surface area contributed by atoms with Crippen molar-refractivity contribution in [3.63, 3.8) is 0 Å². The van der Waals surface area contributed by atoms with Gasteiger partial charge in [-0.2, -0.15) is 0 Å². The van der Waals surface area contributed by atoms with Crippen molar-refractivity contribution in [2.75, 3.05) is 6.54 Å². The molecule has 0 fully saturated rings. The van der Waals surface area contributed by atoms with Gasteiger partial charge in [0.05, 0.1) is 12.6 Å². The van der Waals surface area contributed by atoms with Gasteiger partial charge in [0.1, 0.15) is 0 Å². The quantitative estimate of drug-likeness (QED) is 0.884. The molecule has 1 heterocycles. The number of urea groups is 1. The Hall–Kier alpha value is -2.50. The van der Waals surface area contributed by atoms with Crippen LogP contribution in [-0.2, 0) is 6.54 Å². The number of aromatic nitrogens is 1. The fourth-order valence-corrected chi connectivity index (χ4v) is 2.18. The van der Waals surface area contributed by atoms with Gasteiger partial charge in [0.25, 0.3) is 6.43 Å². The Bertz CT molecular complexity index is 608. The van der Waals surface area contributed by atoms with Crippen LogP contribution in [0.25, 0.3) is 0 Å². The fraction of sp³-hybridized carbons (Fsp3) is 0.294. The summed E-state index contributed by atoms with van der Waals surface area (Å²) in [6.45, 7) is 1.31. The molecule has 0 bridgehead atoms. The maximum absolute atomic E-state index is 12.8. The van der Waals surface area contributed by atoms with Crippen LogP contribution in [0.4, 0.5) is 13.6 Å². The molecule has 4 nitrogen and oxygen atoms in total. The lowest BCUT2D eigenvalue weighted by Crippen LogP contribution is -2.42. The van der Waals surface area contributed by atoms with Crippen molar-refractivity contribution in [2.24, 2.45) is 0 Å². The Balaban J connectivity index is 2.04. The Kier molecular flexibility index (Phi) is 6.02.